The predicted octanol–water partition coefficient (Wildman–Crippen LogP) is 2.73. The maximum absolute atomic E-state index is 14.1. The summed E-state index contributed by atoms with van der Waals surface area (Å²) >= 11 is 0. The summed E-state index contributed by atoms with van der Waals surface area (Å²) in [4.78, 5) is 77.7. The van der Waals surface area contributed by atoms with Crippen molar-refractivity contribution in [2.45, 2.75) is 78.4 Å². The number of piperidine rings is 1. The molecule has 3 fully saturated rings. The largest absolute Gasteiger partial charge is 0.413 e. The standard InChI is InChI=1S/C29H40N5O8P/c1-28(2,3)23(31-27(39)42-17-11-9-16(10-12-17)34(40)41)26(38)33-14-18-20(29(18,4)5)21(33)24(36)30-19(13-15-7-6-8-15)22(35)25(37)32-43/h9-12,15,18-21,23H,6-8,13-14,43H2,1-5H3,(H,30,36)(H,31,39)(H,32,37)/t18-,19?,20-,21-,23+/m0/s1. The number of nitro groups is 1. The fourth-order valence-electron chi connectivity index (χ4n) is 6.30. The van der Waals surface area contributed by atoms with Crippen LogP contribution in [0, 0.1) is 38.7 Å². The maximum atomic E-state index is 14.1. The fourth-order valence-corrected chi connectivity index (χ4v) is 6.44. The summed E-state index contributed by atoms with van der Waals surface area (Å²) in [7, 11) is 2.00. The Morgan fingerprint density at radius 2 is 1.74 bits per heavy atom. The molecule has 0 aromatic heterocycles. The number of fused-ring (bicyclic) bond motifs is 1. The summed E-state index contributed by atoms with van der Waals surface area (Å²) in [6.45, 7) is 9.67. The Balaban J connectivity index is 1.52. The van der Waals surface area contributed by atoms with Gasteiger partial charge in [0, 0.05) is 18.7 Å². The number of hydrogen-bond acceptors (Lipinski definition) is 8. The summed E-state index contributed by atoms with van der Waals surface area (Å²) in [5.74, 6) is -2.34. The van der Waals surface area contributed by atoms with Crippen LogP contribution < -0.4 is 20.5 Å². The van der Waals surface area contributed by atoms with Gasteiger partial charge in [0.2, 0.25) is 17.6 Å². The zero-order valence-electron chi connectivity index (χ0n) is 25.0. The first-order valence-corrected chi connectivity index (χ1v) is 15.0. The minimum atomic E-state index is -1.08. The molecule has 6 atom stereocenters. The zero-order valence-corrected chi connectivity index (χ0v) is 26.2. The van der Waals surface area contributed by atoms with Crippen LogP contribution in [0.4, 0.5) is 10.5 Å². The molecule has 0 radical (unpaired) electrons. The Labute approximate surface area is 252 Å². The second-order valence-electron chi connectivity index (χ2n) is 13.4. The van der Waals surface area contributed by atoms with Gasteiger partial charge in [0.15, 0.2) is 0 Å². The van der Waals surface area contributed by atoms with E-state index in [4.69, 9.17) is 4.74 Å². The summed E-state index contributed by atoms with van der Waals surface area (Å²) in [5, 5.41) is 18.6. The first kappa shape index (κ1) is 32.3. The van der Waals surface area contributed by atoms with Crippen molar-refractivity contribution in [2.75, 3.05) is 6.54 Å². The van der Waals surface area contributed by atoms with E-state index in [0.29, 0.717) is 13.0 Å². The van der Waals surface area contributed by atoms with Crippen molar-refractivity contribution < 1.29 is 33.6 Å². The van der Waals surface area contributed by atoms with E-state index in [0.717, 1.165) is 19.3 Å². The van der Waals surface area contributed by atoms with Crippen LogP contribution >= 0.6 is 9.39 Å². The molecular formula is C29H40N5O8P. The van der Waals surface area contributed by atoms with Crippen LogP contribution in [0.1, 0.15) is 60.3 Å². The molecule has 1 aromatic rings. The Morgan fingerprint density at radius 1 is 1.12 bits per heavy atom. The van der Waals surface area contributed by atoms with Gasteiger partial charge in [-0.2, -0.15) is 0 Å². The van der Waals surface area contributed by atoms with Crippen molar-refractivity contribution in [3.8, 4) is 5.75 Å². The van der Waals surface area contributed by atoms with E-state index in [1.807, 2.05) is 23.2 Å². The van der Waals surface area contributed by atoms with Gasteiger partial charge < -0.3 is 25.4 Å². The number of rotatable bonds is 10. The third-order valence-electron chi connectivity index (χ3n) is 9.18. The number of Topliss-reactive ketones (excluding diaryl/α,β-unsaturated/α-hetero) is 1. The number of benzene rings is 1. The van der Waals surface area contributed by atoms with Gasteiger partial charge >= 0.3 is 6.09 Å². The van der Waals surface area contributed by atoms with Crippen LogP contribution in [0.2, 0.25) is 0 Å². The highest BCUT2D eigenvalue weighted by Gasteiger charge is 2.70. The van der Waals surface area contributed by atoms with Gasteiger partial charge in [-0.3, -0.25) is 29.3 Å². The molecular weight excluding hydrogens is 577 g/mol. The van der Waals surface area contributed by atoms with Gasteiger partial charge in [0.05, 0.1) is 11.0 Å². The van der Waals surface area contributed by atoms with E-state index in [1.54, 1.807) is 20.8 Å². The van der Waals surface area contributed by atoms with E-state index >= 15 is 0 Å². The summed E-state index contributed by atoms with van der Waals surface area (Å²) in [6.07, 6.45) is 2.29. The van der Waals surface area contributed by atoms with E-state index in [2.05, 4.69) is 15.7 Å². The molecule has 1 saturated heterocycles. The molecule has 4 amide bonds. The van der Waals surface area contributed by atoms with Gasteiger partial charge in [0.25, 0.3) is 11.6 Å². The number of nitrogens with zero attached hydrogens (tertiary/aromatic N) is 2. The lowest BCUT2D eigenvalue weighted by Gasteiger charge is -2.38. The molecule has 0 spiro atoms. The highest BCUT2D eigenvalue weighted by Crippen LogP contribution is 2.65. The first-order valence-electron chi connectivity index (χ1n) is 14.4. The average molecular weight is 618 g/mol. The predicted molar refractivity (Wildman–Crippen MR) is 159 cm³/mol. The molecule has 43 heavy (non-hydrogen) atoms. The lowest BCUT2D eigenvalue weighted by atomic mass is 9.80. The van der Waals surface area contributed by atoms with Crippen LogP contribution in [-0.4, -0.2) is 64.1 Å². The van der Waals surface area contributed by atoms with Crippen LogP contribution in [0.15, 0.2) is 24.3 Å². The lowest BCUT2D eigenvalue weighted by Crippen LogP contribution is -2.60. The molecule has 234 valence electrons. The number of non-ortho nitro benzene ring substituents is 1. The van der Waals surface area contributed by atoms with Crippen LogP contribution in [0.5, 0.6) is 5.75 Å². The number of nitrogens with one attached hydrogen (secondary N) is 3. The second-order valence-corrected chi connectivity index (χ2v) is 13.7. The maximum Gasteiger partial charge on any atom is 0.413 e. The molecule has 2 unspecified atom stereocenters. The van der Waals surface area contributed by atoms with Crippen LogP contribution in [-0.2, 0) is 19.2 Å². The van der Waals surface area contributed by atoms with Gasteiger partial charge in [-0.15, -0.1) is 0 Å². The van der Waals surface area contributed by atoms with Gasteiger partial charge in [-0.25, -0.2) is 4.79 Å². The van der Waals surface area contributed by atoms with Gasteiger partial charge in [0.1, 0.15) is 17.8 Å². The van der Waals surface area contributed by atoms with Gasteiger partial charge in [-0.05, 0) is 56.5 Å². The number of likely N-dealkylation sites (tertiary alicyclic amines) is 1. The van der Waals surface area contributed by atoms with E-state index < -0.39 is 58.1 Å². The minimum absolute atomic E-state index is 0.0519. The number of ketones is 1. The molecule has 1 heterocycles. The van der Waals surface area contributed by atoms with E-state index in [1.165, 1.54) is 29.2 Å². The molecule has 3 N–H and O–H groups in total. The van der Waals surface area contributed by atoms with Crippen LogP contribution in [0.25, 0.3) is 0 Å². The minimum Gasteiger partial charge on any atom is -0.410 e. The Morgan fingerprint density at radius 3 is 2.26 bits per heavy atom. The zero-order chi connectivity index (χ0) is 31.9. The number of carbonyl (C=O) groups is 5. The second kappa shape index (κ2) is 12.2. The molecule has 14 heteroatoms. The van der Waals surface area contributed by atoms with Crippen molar-refractivity contribution in [3.05, 3.63) is 34.4 Å². The van der Waals surface area contributed by atoms with E-state index in [-0.39, 0.29) is 34.6 Å². The number of carbonyl (C=O) groups excluding carboxylic acids is 5. The molecule has 2 saturated carbocycles. The third-order valence-corrected chi connectivity index (χ3v) is 9.44. The number of nitro benzene ring substituents is 1. The lowest BCUT2D eigenvalue weighted by molar-refractivity contribution is -0.384. The summed E-state index contributed by atoms with van der Waals surface area (Å²) in [5.41, 5.74) is -1.15. The smallest absolute Gasteiger partial charge is 0.410 e. The number of amides is 4. The molecule has 13 nitrogen and oxygen atoms in total. The third kappa shape index (κ3) is 6.82. The monoisotopic (exact) mass is 617 g/mol. The van der Waals surface area contributed by atoms with Gasteiger partial charge in [-0.1, -0.05) is 53.9 Å². The Hall–Kier alpha value is -3.60. The van der Waals surface area contributed by atoms with Crippen LogP contribution in [0.3, 0.4) is 0 Å². The first-order chi connectivity index (χ1) is 20.1. The van der Waals surface area contributed by atoms with Crippen molar-refractivity contribution in [3.63, 3.8) is 0 Å². The van der Waals surface area contributed by atoms with Crippen molar-refractivity contribution in [1.29, 1.82) is 0 Å². The molecule has 3 aliphatic rings. The number of hydrogen-bond donors (Lipinski definition) is 3. The molecule has 2 aliphatic carbocycles. The van der Waals surface area contributed by atoms with Crippen molar-refractivity contribution in [2.24, 2.45) is 28.6 Å². The Bertz CT molecular complexity index is 1310. The SMILES string of the molecule is CC(C)(C)[C@H](NC(=O)Oc1ccc([N+](=O)[O-])cc1)C(=O)N1C[C@H]2[C@@H]([C@H]1C(=O)NC(CC1CCC1)C(=O)C(=O)NP)C2(C)C. The summed E-state index contributed by atoms with van der Waals surface area (Å²) in [6, 6.07) is 1.97. The van der Waals surface area contributed by atoms with Crippen molar-refractivity contribution in [1.82, 2.24) is 20.6 Å². The highest BCUT2D eigenvalue weighted by atomic mass is 31.0. The average Bonchev–Trinajstić information content (AvgIpc) is 3.22. The van der Waals surface area contributed by atoms with E-state index in [9.17, 15) is 34.1 Å². The molecule has 4 rings (SSSR count). The molecule has 1 aliphatic heterocycles. The number of ether oxygens (including phenoxy) is 1. The normalized spacial score (nSPS) is 23.6. The molecule has 1 aromatic carbocycles. The Kier molecular flexibility index (Phi) is 9.16. The fraction of sp³-hybridized carbons (Fsp3) is 0.621. The highest BCUT2D eigenvalue weighted by molar-refractivity contribution is 7.15. The van der Waals surface area contributed by atoms with Crippen molar-refractivity contribution >= 4 is 44.7 Å². The quantitative estimate of drug-likeness (QED) is 0.155. The molecule has 0 bridgehead atoms. The summed E-state index contributed by atoms with van der Waals surface area (Å²) < 4.78 is 5.29. The topological polar surface area (TPSA) is 177 Å².